The molecule has 1 fully saturated rings. The summed E-state index contributed by atoms with van der Waals surface area (Å²) < 4.78 is 0. The number of para-hydroxylation sites is 1. The molecule has 9 nitrogen and oxygen atoms in total. The van der Waals surface area contributed by atoms with Crippen molar-refractivity contribution < 1.29 is 14.5 Å². The molecule has 0 saturated carbocycles. The first-order valence-electron chi connectivity index (χ1n) is 10.00. The number of halogens is 1. The molecule has 1 aliphatic heterocycles. The number of carbonyl (C=O) groups excluding carboxylic acids is 2. The molecule has 0 aliphatic carbocycles. The first kappa shape index (κ1) is 22.5. The van der Waals surface area contributed by atoms with Gasteiger partial charge in [-0.05, 0) is 43.7 Å². The number of hydrogen-bond acceptors (Lipinski definition) is 5. The Labute approximate surface area is 184 Å². The number of urea groups is 1. The lowest BCUT2D eigenvalue weighted by atomic mass is 10.0. The Morgan fingerprint density at radius 1 is 1.13 bits per heavy atom. The van der Waals surface area contributed by atoms with Crippen molar-refractivity contribution >= 4 is 40.6 Å². The minimum absolute atomic E-state index is 0.00114. The van der Waals surface area contributed by atoms with Crippen molar-refractivity contribution in [3.8, 4) is 0 Å². The van der Waals surface area contributed by atoms with Crippen molar-refractivity contribution in [2.45, 2.75) is 25.3 Å². The van der Waals surface area contributed by atoms with Crippen LogP contribution in [0.4, 0.5) is 21.9 Å². The van der Waals surface area contributed by atoms with Crippen molar-refractivity contribution in [2.75, 3.05) is 30.3 Å². The molecular formula is C21H24ClN5O4. The van der Waals surface area contributed by atoms with E-state index in [0.29, 0.717) is 18.8 Å². The number of nitro groups is 1. The van der Waals surface area contributed by atoms with E-state index in [4.69, 9.17) is 11.6 Å². The second-order valence-corrected chi connectivity index (χ2v) is 7.72. The zero-order chi connectivity index (χ0) is 22.2. The van der Waals surface area contributed by atoms with Gasteiger partial charge in [0.1, 0.15) is 5.69 Å². The monoisotopic (exact) mass is 445 g/mol. The van der Waals surface area contributed by atoms with E-state index in [1.807, 2.05) is 23.1 Å². The first-order chi connectivity index (χ1) is 14.9. The number of carbonyl (C=O) groups is 2. The van der Waals surface area contributed by atoms with Crippen molar-refractivity contribution in [1.29, 1.82) is 0 Å². The van der Waals surface area contributed by atoms with Crippen LogP contribution in [-0.4, -0.2) is 47.4 Å². The van der Waals surface area contributed by atoms with Gasteiger partial charge in [-0.2, -0.15) is 0 Å². The topological polar surface area (TPSA) is 117 Å². The molecule has 2 aromatic carbocycles. The highest BCUT2D eigenvalue weighted by atomic mass is 35.5. The minimum Gasteiger partial charge on any atom is -0.336 e. The van der Waals surface area contributed by atoms with Gasteiger partial charge in [0.15, 0.2) is 0 Å². The highest BCUT2D eigenvalue weighted by Crippen LogP contribution is 2.28. The number of rotatable bonds is 7. The Hall–Kier alpha value is -3.17. The maximum absolute atomic E-state index is 12.6. The second-order valence-electron chi connectivity index (χ2n) is 7.29. The minimum atomic E-state index is -0.583. The average Bonchev–Trinajstić information content (AvgIpc) is 2.75. The van der Waals surface area contributed by atoms with Crippen LogP contribution in [0.25, 0.3) is 0 Å². The van der Waals surface area contributed by atoms with E-state index in [-0.39, 0.29) is 40.9 Å². The average molecular weight is 446 g/mol. The third-order valence-electron chi connectivity index (χ3n) is 5.06. The summed E-state index contributed by atoms with van der Waals surface area (Å²) in [6, 6.07) is 12.9. The predicted octanol–water partition coefficient (Wildman–Crippen LogP) is 3.86. The normalized spacial score (nSPS) is 16.4. The molecule has 2 aromatic rings. The molecule has 1 heterocycles. The zero-order valence-electron chi connectivity index (χ0n) is 16.8. The molecule has 0 radical (unpaired) electrons. The number of likely N-dealkylation sites (tertiary alicyclic amines) is 1. The molecule has 0 bridgehead atoms. The van der Waals surface area contributed by atoms with Crippen LogP contribution >= 0.6 is 11.6 Å². The lowest BCUT2D eigenvalue weighted by molar-refractivity contribution is -0.383. The Morgan fingerprint density at radius 3 is 2.65 bits per heavy atom. The number of benzene rings is 2. The molecule has 3 rings (SSSR count). The standard InChI is InChI=1S/C21H24ClN5O4/c22-15-9-10-18(19(12-15)27(30)31)25-20(28)14-26-11-5-4-8-17(26)13-23-21(29)24-16-6-2-1-3-7-16/h1-3,6-7,9-10,12,17H,4-5,8,11,13-14H2,(H,25,28)(H2,23,24,29). The highest BCUT2D eigenvalue weighted by molar-refractivity contribution is 6.31. The van der Waals surface area contributed by atoms with Gasteiger partial charge in [-0.25, -0.2) is 4.79 Å². The summed E-state index contributed by atoms with van der Waals surface area (Å²) in [4.78, 5) is 37.3. The van der Waals surface area contributed by atoms with Crippen molar-refractivity contribution in [2.24, 2.45) is 0 Å². The second kappa shape index (κ2) is 10.7. The van der Waals surface area contributed by atoms with E-state index >= 15 is 0 Å². The maximum Gasteiger partial charge on any atom is 0.319 e. The van der Waals surface area contributed by atoms with Crippen LogP contribution < -0.4 is 16.0 Å². The molecule has 10 heteroatoms. The van der Waals surface area contributed by atoms with Gasteiger partial charge in [-0.1, -0.05) is 36.2 Å². The summed E-state index contributed by atoms with van der Waals surface area (Å²) in [7, 11) is 0. The summed E-state index contributed by atoms with van der Waals surface area (Å²) >= 11 is 5.82. The summed E-state index contributed by atoms with van der Waals surface area (Å²) in [5.41, 5.74) is 0.549. The highest BCUT2D eigenvalue weighted by Gasteiger charge is 2.25. The van der Waals surface area contributed by atoms with Gasteiger partial charge >= 0.3 is 6.03 Å². The van der Waals surface area contributed by atoms with E-state index < -0.39 is 4.92 Å². The molecule has 1 aliphatic rings. The fraction of sp³-hybridized carbons (Fsp3) is 0.333. The van der Waals surface area contributed by atoms with E-state index in [9.17, 15) is 19.7 Å². The first-order valence-corrected chi connectivity index (χ1v) is 10.4. The van der Waals surface area contributed by atoms with Crippen molar-refractivity contribution in [3.63, 3.8) is 0 Å². The molecule has 0 aromatic heterocycles. The Bertz CT molecular complexity index is 941. The number of nitrogens with one attached hydrogen (secondary N) is 3. The lowest BCUT2D eigenvalue weighted by Crippen LogP contribution is -2.49. The number of piperidine rings is 1. The smallest absolute Gasteiger partial charge is 0.319 e. The molecule has 3 N–H and O–H groups in total. The van der Waals surface area contributed by atoms with Gasteiger partial charge in [0.25, 0.3) is 5.69 Å². The van der Waals surface area contributed by atoms with Gasteiger partial charge in [-0.15, -0.1) is 0 Å². The van der Waals surface area contributed by atoms with Crippen molar-refractivity contribution in [1.82, 2.24) is 10.2 Å². The van der Waals surface area contributed by atoms with E-state index in [1.54, 1.807) is 12.1 Å². The van der Waals surface area contributed by atoms with Crippen molar-refractivity contribution in [3.05, 3.63) is 63.7 Å². The molecule has 3 amide bonds. The summed E-state index contributed by atoms with van der Waals surface area (Å²) in [5.74, 6) is -0.356. The van der Waals surface area contributed by atoms with E-state index in [0.717, 1.165) is 19.3 Å². The Balaban J connectivity index is 1.55. The Kier molecular flexibility index (Phi) is 7.80. The predicted molar refractivity (Wildman–Crippen MR) is 119 cm³/mol. The zero-order valence-corrected chi connectivity index (χ0v) is 17.6. The molecule has 164 valence electrons. The number of amides is 3. The van der Waals surface area contributed by atoms with Crippen LogP contribution in [0.15, 0.2) is 48.5 Å². The van der Waals surface area contributed by atoms with Crippen LogP contribution in [0, 0.1) is 10.1 Å². The van der Waals surface area contributed by atoms with Gasteiger partial charge in [0.05, 0.1) is 11.5 Å². The number of nitrogens with zero attached hydrogens (tertiary/aromatic N) is 2. The number of hydrogen-bond donors (Lipinski definition) is 3. The van der Waals surface area contributed by atoms with Crippen LogP contribution in [0.2, 0.25) is 5.02 Å². The quantitative estimate of drug-likeness (QED) is 0.442. The summed E-state index contributed by atoms with van der Waals surface area (Å²) in [6.45, 7) is 1.18. The van der Waals surface area contributed by atoms with Crippen LogP contribution in [-0.2, 0) is 4.79 Å². The maximum atomic E-state index is 12.6. The summed E-state index contributed by atoms with van der Waals surface area (Å²) in [6.07, 6.45) is 2.80. The fourth-order valence-electron chi connectivity index (χ4n) is 3.54. The SMILES string of the molecule is O=C(CN1CCCCC1CNC(=O)Nc1ccccc1)Nc1ccc(Cl)cc1[N+](=O)[O-]. The van der Waals surface area contributed by atoms with E-state index in [2.05, 4.69) is 16.0 Å². The van der Waals surface area contributed by atoms with Gasteiger partial charge in [0, 0.05) is 29.4 Å². The van der Waals surface area contributed by atoms with Crippen LogP contribution in [0.1, 0.15) is 19.3 Å². The van der Waals surface area contributed by atoms with Crippen LogP contribution in [0.3, 0.4) is 0 Å². The lowest BCUT2D eigenvalue weighted by Gasteiger charge is -2.35. The van der Waals surface area contributed by atoms with Gasteiger partial charge in [-0.3, -0.25) is 19.8 Å². The summed E-state index contributed by atoms with van der Waals surface area (Å²) in [5, 5.41) is 19.7. The van der Waals surface area contributed by atoms with E-state index in [1.165, 1.54) is 18.2 Å². The third kappa shape index (κ3) is 6.66. The molecule has 1 atom stereocenters. The molecule has 31 heavy (non-hydrogen) atoms. The number of anilines is 2. The molecule has 1 unspecified atom stereocenters. The fourth-order valence-corrected chi connectivity index (χ4v) is 3.71. The third-order valence-corrected chi connectivity index (χ3v) is 5.29. The van der Waals surface area contributed by atoms with Crippen LogP contribution in [0.5, 0.6) is 0 Å². The molecule has 1 saturated heterocycles. The number of nitro benzene ring substituents is 1. The molecular weight excluding hydrogens is 422 g/mol. The molecule has 0 spiro atoms. The van der Waals surface area contributed by atoms with Gasteiger partial charge in [0.2, 0.25) is 5.91 Å². The Morgan fingerprint density at radius 2 is 1.90 bits per heavy atom. The van der Waals surface area contributed by atoms with Gasteiger partial charge < -0.3 is 16.0 Å². The largest absolute Gasteiger partial charge is 0.336 e.